The number of aromatic amines is 1. The van der Waals surface area contributed by atoms with Crippen LogP contribution in [0.1, 0.15) is 48.1 Å². The molecule has 0 saturated carbocycles. The average Bonchev–Trinajstić information content (AvgIpc) is 2.36. The predicted molar refractivity (Wildman–Crippen MR) is 74.3 cm³/mol. The standard InChI is InChI=1S/C13H19N3O5/c1-6(2)10-14-7(3)9(12(19)16-10)11(18)15-8(4-5-17)13(20)21/h6,8,17H,4-5H2,1-3H3,(H,15,18)(H,20,21)(H,14,16,19). The molecule has 116 valence electrons. The second-order valence-electron chi connectivity index (χ2n) is 4.94. The molecular weight excluding hydrogens is 278 g/mol. The van der Waals surface area contributed by atoms with Gasteiger partial charge in [0.1, 0.15) is 17.4 Å². The highest BCUT2D eigenvalue weighted by Crippen LogP contribution is 2.09. The van der Waals surface area contributed by atoms with Crippen molar-refractivity contribution in [3.8, 4) is 0 Å². The first-order valence-electron chi connectivity index (χ1n) is 6.53. The lowest BCUT2D eigenvalue weighted by Crippen LogP contribution is -2.43. The Bertz CT molecular complexity index is 594. The summed E-state index contributed by atoms with van der Waals surface area (Å²) in [6, 6.07) is -1.26. The summed E-state index contributed by atoms with van der Waals surface area (Å²) in [6.07, 6.45) is -0.143. The third-order valence-electron chi connectivity index (χ3n) is 2.91. The summed E-state index contributed by atoms with van der Waals surface area (Å²) in [5, 5.41) is 19.9. The Balaban J connectivity index is 3.08. The highest BCUT2D eigenvalue weighted by molar-refractivity contribution is 5.97. The van der Waals surface area contributed by atoms with Gasteiger partial charge in [-0.15, -0.1) is 0 Å². The molecule has 0 aliphatic heterocycles. The van der Waals surface area contributed by atoms with Crippen molar-refractivity contribution in [3.05, 3.63) is 27.4 Å². The average molecular weight is 297 g/mol. The van der Waals surface area contributed by atoms with E-state index < -0.39 is 30.1 Å². The van der Waals surface area contributed by atoms with Gasteiger partial charge < -0.3 is 20.5 Å². The Morgan fingerprint density at radius 1 is 1.38 bits per heavy atom. The predicted octanol–water partition coefficient (Wildman–Crippen LogP) is -0.233. The topological polar surface area (TPSA) is 132 Å². The lowest BCUT2D eigenvalue weighted by atomic mass is 10.1. The second-order valence-corrected chi connectivity index (χ2v) is 4.94. The van der Waals surface area contributed by atoms with Crippen LogP contribution in [-0.2, 0) is 4.79 Å². The first-order valence-corrected chi connectivity index (χ1v) is 6.53. The molecule has 0 bridgehead atoms. The molecule has 0 saturated heterocycles. The van der Waals surface area contributed by atoms with Crippen molar-refractivity contribution in [3.63, 3.8) is 0 Å². The molecule has 1 heterocycles. The van der Waals surface area contributed by atoms with E-state index in [9.17, 15) is 14.4 Å². The van der Waals surface area contributed by atoms with Gasteiger partial charge in [0.05, 0.1) is 5.69 Å². The van der Waals surface area contributed by atoms with Crippen molar-refractivity contribution in [2.24, 2.45) is 0 Å². The molecule has 0 aliphatic carbocycles. The monoisotopic (exact) mass is 297 g/mol. The van der Waals surface area contributed by atoms with Gasteiger partial charge in [-0.2, -0.15) is 0 Å². The number of aliphatic hydroxyl groups is 1. The third-order valence-corrected chi connectivity index (χ3v) is 2.91. The van der Waals surface area contributed by atoms with E-state index >= 15 is 0 Å². The van der Waals surface area contributed by atoms with E-state index in [2.05, 4.69) is 15.3 Å². The molecule has 0 aromatic carbocycles. The summed E-state index contributed by atoms with van der Waals surface area (Å²) in [6.45, 7) is 4.81. The van der Waals surface area contributed by atoms with Crippen LogP contribution in [0, 0.1) is 6.92 Å². The number of carboxylic acids is 1. The zero-order chi connectivity index (χ0) is 16.2. The molecule has 4 N–H and O–H groups in total. The zero-order valence-electron chi connectivity index (χ0n) is 12.1. The van der Waals surface area contributed by atoms with Crippen LogP contribution < -0.4 is 10.9 Å². The fourth-order valence-electron chi connectivity index (χ4n) is 1.77. The van der Waals surface area contributed by atoms with E-state index in [4.69, 9.17) is 10.2 Å². The molecule has 8 heteroatoms. The van der Waals surface area contributed by atoms with Crippen LogP contribution in [0.3, 0.4) is 0 Å². The van der Waals surface area contributed by atoms with Gasteiger partial charge in [0.15, 0.2) is 0 Å². The molecule has 1 rings (SSSR count). The first-order chi connectivity index (χ1) is 9.77. The maximum atomic E-state index is 12.0. The zero-order valence-corrected chi connectivity index (χ0v) is 12.1. The van der Waals surface area contributed by atoms with Gasteiger partial charge in [0, 0.05) is 18.9 Å². The molecule has 0 aliphatic rings. The number of carboxylic acid groups (broad SMARTS) is 1. The minimum Gasteiger partial charge on any atom is -0.480 e. The number of nitrogens with one attached hydrogen (secondary N) is 2. The van der Waals surface area contributed by atoms with Crippen molar-refractivity contribution in [2.75, 3.05) is 6.61 Å². The van der Waals surface area contributed by atoms with Crippen molar-refractivity contribution in [2.45, 2.75) is 39.2 Å². The molecule has 0 spiro atoms. The molecular formula is C13H19N3O5. The van der Waals surface area contributed by atoms with Gasteiger partial charge in [0.2, 0.25) is 0 Å². The van der Waals surface area contributed by atoms with Crippen molar-refractivity contribution in [1.29, 1.82) is 0 Å². The van der Waals surface area contributed by atoms with Crippen LogP contribution in [-0.4, -0.2) is 44.7 Å². The number of rotatable bonds is 6. The number of nitrogens with zero attached hydrogens (tertiary/aromatic N) is 1. The Morgan fingerprint density at radius 2 is 2.00 bits per heavy atom. The van der Waals surface area contributed by atoms with E-state index in [-0.39, 0.29) is 23.6 Å². The smallest absolute Gasteiger partial charge is 0.326 e. The summed E-state index contributed by atoms with van der Waals surface area (Å²) in [7, 11) is 0. The Hall–Kier alpha value is -2.22. The summed E-state index contributed by atoms with van der Waals surface area (Å²) in [5.74, 6) is -1.65. The number of aliphatic carboxylic acids is 1. The number of aliphatic hydroxyl groups excluding tert-OH is 1. The minimum atomic E-state index is -1.28. The molecule has 1 aromatic heterocycles. The number of aryl methyl sites for hydroxylation is 1. The minimum absolute atomic E-state index is 0.00494. The van der Waals surface area contributed by atoms with E-state index in [1.807, 2.05) is 13.8 Å². The normalized spacial score (nSPS) is 12.2. The number of carbonyl (C=O) groups is 2. The maximum Gasteiger partial charge on any atom is 0.326 e. The highest BCUT2D eigenvalue weighted by Gasteiger charge is 2.23. The van der Waals surface area contributed by atoms with Crippen LogP contribution in [0.5, 0.6) is 0 Å². The molecule has 1 unspecified atom stereocenters. The van der Waals surface area contributed by atoms with Gasteiger partial charge in [-0.1, -0.05) is 13.8 Å². The second kappa shape index (κ2) is 6.98. The molecule has 0 radical (unpaired) electrons. The van der Waals surface area contributed by atoms with Crippen molar-refractivity contribution < 1.29 is 19.8 Å². The summed E-state index contributed by atoms with van der Waals surface area (Å²) in [4.78, 5) is 41.6. The van der Waals surface area contributed by atoms with Crippen LogP contribution in [0.4, 0.5) is 0 Å². The number of carbonyl (C=O) groups excluding carboxylic acids is 1. The molecule has 1 atom stereocenters. The fraction of sp³-hybridized carbons (Fsp3) is 0.538. The summed E-state index contributed by atoms with van der Waals surface area (Å²) < 4.78 is 0. The van der Waals surface area contributed by atoms with Crippen molar-refractivity contribution >= 4 is 11.9 Å². The molecule has 21 heavy (non-hydrogen) atoms. The van der Waals surface area contributed by atoms with Gasteiger partial charge in [-0.25, -0.2) is 9.78 Å². The first kappa shape index (κ1) is 16.8. The van der Waals surface area contributed by atoms with Gasteiger partial charge in [0.25, 0.3) is 11.5 Å². The Morgan fingerprint density at radius 3 is 2.43 bits per heavy atom. The number of aromatic nitrogens is 2. The van der Waals surface area contributed by atoms with Crippen molar-refractivity contribution in [1.82, 2.24) is 15.3 Å². The van der Waals surface area contributed by atoms with E-state index in [1.54, 1.807) is 0 Å². The van der Waals surface area contributed by atoms with Crippen LogP contribution in [0.25, 0.3) is 0 Å². The quantitative estimate of drug-likeness (QED) is 0.573. The Labute approximate surface area is 121 Å². The van der Waals surface area contributed by atoms with Gasteiger partial charge >= 0.3 is 5.97 Å². The number of amides is 1. The van der Waals surface area contributed by atoms with E-state index in [1.165, 1.54) is 6.92 Å². The Kier molecular flexibility index (Phi) is 5.60. The highest BCUT2D eigenvalue weighted by atomic mass is 16.4. The summed E-state index contributed by atoms with van der Waals surface area (Å²) >= 11 is 0. The van der Waals surface area contributed by atoms with Crippen LogP contribution in [0.15, 0.2) is 4.79 Å². The number of H-pyrrole nitrogens is 1. The molecule has 1 amide bonds. The maximum absolute atomic E-state index is 12.0. The SMILES string of the molecule is Cc1nc(C(C)C)[nH]c(=O)c1C(=O)NC(CCO)C(=O)O. The van der Waals surface area contributed by atoms with Crippen LogP contribution in [0.2, 0.25) is 0 Å². The third kappa shape index (κ3) is 4.12. The molecule has 1 aromatic rings. The molecule has 8 nitrogen and oxygen atoms in total. The number of hydrogen-bond donors (Lipinski definition) is 4. The van der Waals surface area contributed by atoms with E-state index in [0.29, 0.717) is 5.82 Å². The largest absolute Gasteiger partial charge is 0.480 e. The lowest BCUT2D eigenvalue weighted by molar-refractivity contribution is -0.139. The molecule has 0 fully saturated rings. The summed E-state index contributed by atoms with van der Waals surface area (Å²) in [5.41, 5.74) is -0.603. The fourth-order valence-corrected chi connectivity index (χ4v) is 1.77. The van der Waals surface area contributed by atoms with Gasteiger partial charge in [-0.05, 0) is 6.92 Å². The number of hydrogen-bond acceptors (Lipinski definition) is 5. The van der Waals surface area contributed by atoms with E-state index in [0.717, 1.165) is 0 Å². The van der Waals surface area contributed by atoms with Crippen LogP contribution >= 0.6 is 0 Å². The van der Waals surface area contributed by atoms with Gasteiger partial charge in [-0.3, -0.25) is 9.59 Å². The lowest BCUT2D eigenvalue weighted by Gasteiger charge is -2.14.